The van der Waals surface area contributed by atoms with Crippen molar-refractivity contribution in [3.8, 4) is 11.4 Å². The van der Waals surface area contributed by atoms with E-state index in [1.54, 1.807) is 21.1 Å². The van der Waals surface area contributed by atoms with Gasteiger partial charge in [-0.1, -0.05) is 44.2 Å². The summed E-state index contributed by atoms with van der Waals surface area (Å²) >= 11 is 0. The van der Waals surface area contributed by atoms with Crippen LogP contribution in [0.5, 0.6) is 0 Å². The Balaban J connectivity index is 2.22. The fourth-order valence-corrected chi connectivity index (χ4v) is 2.34. The molecule has 8 heteroatoms. The summed E-state index contributed by atoms with van der Waals surface area (Å²) in [5, 5.41) is 12.5. The molecule has 1 aromatic heterocycles. The standard InChI is InChI=1S/C17H24N6O2/c1-12(2)15(17(25)22(5)11-14(24)21(3)4)23-19-16(18-20-23)13-9-7-6-8-10-13/h6-10,12,15H,11H2,1-5H3/t15-/m1/s1. The lowest BCUT2D eigenvalue weighted by Gasteiger charge is -2.25. The molecular weight excluding hydrogens is 320 g/mol. The van der Waals surface area contributed by atoms with Crippen molar-refractivity contribution in [3.63, 3.8) is 0 Å². The quantitative estimate of drug-likeness (QED) is 0.783. The topological polar surface area (TPSA) is 84.2 Å². The van der Waals surface area contributed by atoms with Crippen molar-refractivity contribution in [2.24, 2.45) is 5.92 Å². The third-order valence-electron chi connectivity index (χ3n) is 3.84. The number of benzene rings is 1. The molecule has 0 unspecified atom stereocenters. The minimum atomic E-state index is -0.620. The van der Waals surface area contributed by atoms with Gasteiger partial charge in [0, 0.05) is 26.7 Å². The van der Waals surface area contributed by atoms with E-state index in [2.05, 4.69) is 15.4 Å². The summed E-state index contributed by atoms with van der Waals surface area (Å²) < 4.78 is 0. The zero-order valence-corrected chi connectivity index (χ0v) is 15.2. The van der Waals surface area contributed by atoms with Crippen molar-refractivity contribution in [2.75, 3.05) is 27.7 Å². The summed E-state index contributed by atoms with van der Waals surface area (Å²) in [5.74, 6) is 0.0467. The Morgan fingerprint density at radius 1 is 1.12 bits per heavy atom. The maximum Gasteiger partial charge on any atom is 0.249 e. The van der Waals surface area contributed by atoms with Gasteiger partial charge >= 0.3 is 0 Å². The highest BCUT2D eigenvalue weighted by Gasteiger charge is 2.30. The average Bonchev–Trinajstić information content (AvgIpc) is 3.04. The highest BCUT2D eigenvalue weighted by atomic mass is 16.2. The second kappa shape index (κ2) is 7.87. The molecule has 0 bridgehead atoms. The number of hydrogen-bond donors (Lipinski definition) is 0. The molecule has 0 radical (unpaired) electrons. The maximum atomic E-state index is 12.8. The van der Waals surface area contributed by atoms with E-state index in [0.717, 1.165) is 5.56 Å². The van der Waals surface area contributed by atoms with Crippen LogP contribution in [-0.4, -0.2) is 69.5 Å². The zero-order valence-electron chi connectivity index (χ0n) is 15.2. The number of nitrogens with zero attached hydrogens (tertiary/aromatic N) is 6. The summed E-state index contributed by atoms with van der Waals surface area (Å²) in [7, 11) is 4.92. The molecule has 0 spiro atoms. The van der Waals surface area contributed by atoms with Crippen LogP contribution in [0.15, 0.2) is 30.3 Å². The second-order valence-corrected chi connectivity index (χ2v) is 6.47. The van der Waals surface area contributed by atoms with Crippen molar-refractivity contribution < 1.29 is 9.59 Å². The number of likely N-dealkylation sites (N-methyl/N-ethyl adjacent to an activating group) is 2. The number of hydrogen-bond acceptors (Lipinski definition) is 5. The van der Waals surface area contributed by atoms with Gasteiger partial charge in [-0.15, -0.1) is 10.2 Å². The van der Waals surface area contributed by atoms with Crippen LogP contribution >= 0.6 is 0 Å². The van der Waals surface area contributed by atoms with Crippen LogP contribution in [0.4, 0.5) is 0 Å². The second-order valence-electron chi connectivity index (χ2n) is 6.47. The Morgan fingerprint density at radius 3 is 2.32 bits per heavy atom. The highest BCUT2D eigenvalue weighted by Crippen LogP contribution is 2.20. The van der Waals surface area contributed by atoms with E-state index >= 15 is 0 Å². The van der Waals surface area contributed by atoms with Crippen LogP contribution < -0.4 is 0 Å². The third kappa shape index (κ3) is 4.40. The molecule has 0 aliphatic heterocycles. The van der Waals surface area contributed by atoms with Crippen LogP contribution in [0.25, 0.3) is 11.4 Å². The van der Waals surface area contributed by atoms with Crippen molar-refractivity contribution >= 4 is 11.8 Å². The van der Waals surface area contributed by atoms with E-state index in [1.807, 2.05) is 44.2 Å². The van der Waals surface area contributed by atoms with Gasteiger partial charge in [0.1, 0.15) is 0 Å². The number of carbonyl (C=O) groups excluding carboxylic acids is 2. The maximum absolute atomic E-state index is 12.8. The molecule has 2 rings (SSSR count). The number of amides is 2. The van der Waals surface area contributed by atoms with Crippen LogP contribution in [0.1, 0.15) is 19.9 Å². The average molecular weight is 344 g/mol. The lowest BCUT2D eigenvalue weighted by atomic mass is 10.0. The van der Waals surface area contributed by atoms with Gasteiger partial charge in [-0.3, -0.25) is 9.59 Å². The molecule has 1 heterocycles. The van der Waals surface area contributed by atoms with Crippen LogP contribution in [0.3, 0.4) is 0 Å². The molecule has 0 aliphatic carbocycles. The number of rotatable bonds is 6. The molecular formula is C17H24N6O2. The number of tetrazole rings is 1. The number of carbonyl (C=O) groups is 2. The predicted molar refractivity (Wildman–Crippen MR) is 93.5 cm³/mol. The zero-order chi connectivity index (χ0) is 18.6. The normalized spacial score (nSPS) is 12.1. The van der Waals surface area contributed by atoms with E-state index in [1.165, 1.54) is 14.6 Å². The molecule has 0 saturated carbocycles. The van der Waals surface area contributed by atoms with Gasteiger partial charge in [-0.2, -0.15) is 4.80 Å². The van der Waals surface area contributed by atoms with Crippen molar-refractivity contribution in [2.45, 2.75) is 19.9 Å². The van der Waals surface area contributed by atoms with Gasteiger partial charge in [0.2, 0.25) is 17.6 Å². The first-order chi connectivity index (χ1) is 11.8. The fourth-order valence-electron chi connectivity index (χ4n) is 2.34. The minimum Gasteiger partial charge on any atom is -0.347 e. The molecule has 0 aliphatic rings. The van der Waals surface area contributed by atoms with E-state index in [-0.39, 0.29) is 24.3 Å². The molecule has 25 heavy (non-hydrogen) atoms. The summed E-state index contributed by atoms with van der Waals surface area (Å²) in [6.07, 6.45) is 0. The molecule has 2 amide bonds. The molecule has 2 aromatic rings. The monoisotopic (exact) mass is 344 g/mol. The lowest BCUT2D eigenvalue weighted by Crippen LogP contribution is -2.43. The largest absolute Gasteiger partial charge is 0.347 e. The van der Waals surface area contributed by atoms with Gasteiger partial charge < -0.3 is 9.80 Å². The molecule has 1 aromatic carbocycles. The van der Waals surface area contributed by atoms with Gasteiger partial charge in [-0.05, 0) is 11.1 Å². The molecule has 8 nitrogen and oxygen atoms in total. The first-order valence-electron chi connectivity index (χ1n) is 8.11. The fraction of sp³-hybridized carbons (Fsp3) is 0.471. The van der Waals surface area contributed by atoms with Crippen LogP contribution in [-0.2, 0) is 9.59 Å². The van der Waals surface area contributed by atoms with E-state index in [0.29, 0.717) is 5.82 Å². The van der Waals surface area contributed by atoms with Crippen molar-refractivity contribution in [1.29, 1.82) is 0 Å². The van der Waals surface area contributed by atoms with Gasteiger partial charge in [0.05, 0.1) is 6.54 Å². The smallest absolute Gasteiger partial charge is 0.249 e. The molecule has 0 saturated heterocycles. The summed E-state index contributed by atoms with van der Waals surface area (Å²) in [4.78, 5) is 28.9. The lowest BCUT2D eigenvalue weighted by molar-refractivity contribution is -0.141. The van der Waals surface area contributed by atoms with Gasteiger partial charge in [0.15, 0.2) is 6.04 Å². The van der Waals surface area contributed by atoms with Crippen LogP contribution in [0, 0.1) is 5.92 Å². The first-order valence-corrected chi connectivity index (χ1v) is 8.11. The third-order valence-corrected chi connectivity index (χ3v) is 3.84. The predicted octanol–water partition coefficient (Wildman–Crippen LogP) is 1.08. The Kier molecular flexibility index (Phi) is 5.84. The molecule has 1 atom stereocenters. The van der Waals surface area contributed by atoms with Crippen molar-refractivity contribution in [3.05, 3.63) is 30.3 Å². The van der Waals surface area contributed by atoms with E-state index < -0.39 is 6.04 Å². The Morgan fingerprint density at radius 2 is 1.76 bits per heavy atom. The SMILES string of the molecule is CC(C)[C@H](C(=O)N(C)CC(=O)N(C)C)n1nnc(-c2ccccc2)n1. The highest BCUT2D eigenvalue weighted by molar-refractivity contribution is 5.86. The summed E-state index contributed by atoms with van der Waals surface area (Å²) in [5.41, 5.74) is 0.833. The minimum absolute atomic E-state index is 0.00922. The van der Waals surface area contributed by atoms with E-state index in [4.69, 9.17) is 0 Å². The molecule has 0 fully saturated rings. The first kappa shape index (κ1) is 18.6. The summed E-state index contributed by atoms with van der Waals surface area (Å²) in [6, 6.07) is 8.84. The van der Waals surface area contributed by atoms with Crippen molar-refractivity contribution in [1.82, 2.24) is 30.0 Å². The van der Waals surface area contributed by atoms with Gasteiger partial charge in [-0.25, -0.2) is 0 Å². The molecule has 0 N–H and O–H groups in total. The number of aromatic nitrogens is 4. The Labute approximate surface area is 147 Å². The Bertz CT molecular complexity index is 726. The summed E-state index contributed by atoms with van der Waals surface area (Å²) in [6.45, 7) is 3.83. The van der Waals surface area contributed by atoms with Gasteiger partial charge in [0.25, 0.3) is 0 Å². The Hall–Kier alpha value is -2.77. The van der Waals surface area contributed by atoms with E-state index in [9.17, 15) is 9.59 Å². The molecule has 134 valence electrons. The van der Waals surface area contributed by atoms with Crippen LogP contribution in [0.2, 0.25) is 0 Å².